The molecule has 2 aromatic rings. The van der Waals surface area contributed by atoms with E-state index in [1.54, 1.807) is 6.92 Å². The minimum absolute atomic E-state index is 0.209. The minimum Gasteiger partial charge on any atom is -0.456 e. The number of carbonyl (C=O) groups excluding carboxylic acids is 2. The molecule has 6 rings (SSSR count). The predicted molar refractivity (Wildman–Crippen MR) is 120 cm³/mol. The molecule has 0 bridgehead atoms. The number of rotatable bonds is 4. The van der Waals surface area contributed by atoms with Crippen molar-refractivity contribution in [1.29, 1.82) is 0 Å². The van der Waals surface area contributed by atoms with Gasteiger partial charge in [0.05, 0.1) is 23.2 Å². The number of cyclic esters (lactones) is 1. The third kappa shape index (κ3) is 3.21. The van der Waals surface area contributed by atoms with E-state index in [1.807, 2.05) is 9.58 Å². The molecule has 3 aliphatic heterocycles. The average molecular weight is 448 g/mol. The number of aromatic nitrogens is 4. The number of hydrogen-bond acceptors (Lipinski definition) is 6. The topological polar surface area (TPSA) is 90.2 Å². The van der Waals surface area contributed by atoms with Crippen LogP contribution >= 0.6 is 0 Å². The van der Waals surface area contributed by atoms with E-state index in [9.17, 15) is 9.59 Å². The maximum Gasteiger partial charge on any atom is 0.336 e. The highest BCUT2D eigenvalue weighted by molar-refractivity contribution is 5.94. The van der Waals surface area contributed by atoms with Gasteiger partial charge in [0.2, 0.25) is 5.91 Å². The molecule has 8 heteroatoms. The molecular weight excluding hydrogens is 418 g/mol. The van der Waals surface area contributed by atoms with Crippen LogP contribution in [0.5, 0.6) is 0 Å². The molecule has 1 aromatic heterocycles. The lowest BCUT2D eigenvalue weighted by Gasteiger charge is -2.36. The van der Waals surface area contributed by atoms with Crippen molar-refractivity contribution in [2.75, 3.05) is 13.2 Å². The van der Waals surface area contributed by atoms with E-state index in [-0.39, 0.29) is 23.9 Å². The number of fused-ring (bicyclic) bond motifs is 3. The predicted octanol–water partition coefficient (Wildman–Crippen LogP) is 3.44. The Hall–Kier alpha value is -3.03. The maximum atomic E-state index is 13.4. The number of ether oxygens (including phenoxy) is 1. The first-order chi connectivity index (χ1) is 15.9. The van der Waals surface area contributed by atoms with Gasteiger partial charge in [-0.15, -0.1) is 5.10 Å². The molecule has 1 aromatic carbocycles. The molecule has 4 aliphatic rings. The summed E-state index contributed by atoms with van der Waals surface area (Å²) in [6.45, 7) is 5.77. The lowest BCUT2D eigenvalue weighted by molar-refractivity contribution is -0.138. The summed E-state index contributed by atoms with van der Waals surface area (Å²) in [5, 5.41) is 11.9. The third-order valence-corrected chi connectivity index (χ3v) is 8.46. The molecular formula is C25H29N5O3. The van der Waals surface area contributed by atoms with Crippen molar-refractivity contribution >= 4 is 11.9 Å². The summed E-state index contributed by atoms with van der Waals surface area (Å²) in [6.07, 6.45) is 6.11. The van der Waals surface area contributed by atoms with Gasteiger partial charge in [0, 0.05) is 12.1 Å². The summed E-state index contributed by atoms with van der Waals surface area (Å²) in [4.78, 5) is 27.0. The second-order valence-corrected chi connectivity index (χ2v) is 10.3. The SMILES string of the molecule is CC1=C(N2CCC3(CCC(C[C@@H](C)c4ccc5c(c4)Cn4nnnc4-5)CC3)C2=O)COC1=O. The second kappa shape index (κ2) is 7.50. The second-order valence-electron chi connectivity index (χ2n) is 10.3. The van der Waals surface area contributed by atoms with E-state index in [0.717, 1.165) is 62.2 Å². The fourth-order valence-corrected chi connectivity index (χ4v) is 6.33. The van der Waals surface area contributed by atoms with Crippen LogP contribution in [0.3, 0.4) is 0 Å². The first kappa shape index (κ1) is 20.6. The molecule has 8 nitrogen and oxygen atoms in total. The molecule has 0 unspecified atom stereocenters. The van der Waals surface area contributed by atoms with Gasteiger partial charge in [-0.2, -0.15) is 0 Å². The number of benzene rings is 1. The van der Waals surface area contributed by atoms with Crippen LogP contribution in [0.1, 0.15) is 69.4 Å². The molecule has 0 N–H and O–H groups in total. The Morgan fingerprint density at radius 1 is 1.21 bits per heavy atom. The summed E-state index contributed by atoms with van der Waals surface area (Å²) in [6, 6.07) is 6.68. The lowest BCUT2D eigenvalue weighted by Crippen LogP contribution is -2.37. The van der Waals surface area contributed by atoms with Crippen molar-refractivity contribution in [2.45, 2.75) is 64.8 Å². The fourth-order valence-electron chi connectivity index (χ4n) is 6.33. The van der Waals surface area contributed by atoms with Crippen LogP contribution < -0.4 is 0 Å². The van der Waals surface area contributed by atoms with Crippen molar-refractivity contribution < 1.29 is 14.3 Å². The number of carbonyl (C=O) groups is 2. The highest BCUT2D eigenvalue weighted by atomic mass is 16.5. The normalized spacial score (nSPS) is 27.3. The molecule has 0 radical (unpaired) electrons. The molecule has 33 heavy (non-hydrogen) atoms. The summed E-state index contributed by atoms with van der Waals surface area (Å²) in [5.41, 5.74) is 4.90. The number of nitrogens with zero attached hydrogens (tertiary/aromatic N) is 5. The van der Waals surface area contributed by atoms with Crippen LogP contribution in [0, 0.1) is 11.3 Å². The number of amides is 1. The largest absolute Gasteiger partial charge is 0.456 e. The Morgan fingerprint density at radius 3 is 2.79 bits per heavy atom. The first-order valence-electron chi connectivity index (χ1n) is 12.0. The van der Waals surface area contributed by atoms with Crippen molar-refractivity contribution in [3.63, 3.8) is 0 Å². The number of esters is 1. The smallest absolute Gasteiger partial charge is 0.336 e. The van der Waals surface area contributed by atoms with Crippen LogP contribution in [0.25, 0.3) is 11.4 Å². The quantitative estimate of drug-likeness (QED) is 0.569. The Kier molecular flexibility index (Phi) is 4.67. The summed E-state index contributed by atoms with van der Waals surface area (Å²) in [5.74, 6) is 1.89. The molecule has 1 saturated heterocycles. The Bertz CT molecular complexity index is 1170. The zero-order chi connectivity index (χ0) is 22.7. The van der Waals surface area contributed by atoms with E-state index in [4.69, 9.17) is 4.74 Å². The van der Waals surface area contributed by atoms with E-state index < -0.39 is 0 Å². The van der Waals surface area contributed by atoms with Gasteiger partial charge in [0.1, 0.15) is 6.61 Å². The van der Waals surface area contributed by atoms with Gasteiger partial charge in [-0.25, -0.2) is 9.48 Å². The molecule has 1 atom stereocenters. The van der Waals surface area contributed by atoms with Gasteiger partial charge < -0.3 is 9.64 Å². The van der Waals surface area contributed by atoms with Crippen molar-refractivity contribution in [2.24, 2.45) is 11.3 Å². The number of hydrogen-bond donors (Lipinski definition) is 0. The van der Waals surface area contributed by atoms with Crippen LogP contribution in [0.4, 0.5) is 0 Å². The Balaban J connectivity index is 1.09. The first-order valence-corrected chi connectivity index (χ1v) is 12.0. The van der Waals surface area contributed by atoms with E-state index in [1.165, 1.54) is 11.1 Å². The van der Waals surface area contributed by atoms with E-state index >= 15 is 0 Å². The molecule has 1 amide bonds. The summed E-state index contributed by atoms with van der Waals surface area (Å²) in [7, 11) is 0. The molecule has 4 heterocycles. The van der Waals surface area contributed by atoms with Crippen LogP contribution in [-0.2, 0) is 20.9 Å². The van der Waals surface area contributed by atoms with Crippen LogP contribution in [0.15, 0.2) is 29.5 Å². The summed E-state index contributed by atoms with van der Waals surface area (Å²) < 4.78 is 6.99. The summed E-state index contributed by atoms with van der Waals surface area (Å²) >= 11 is 0. The van der Waals surface area contributed by atoms with Gasteiger partial charge in [0.15, 0.2) is 5.82 Å². The van der Waals surface area contributed by atoms with Gasteiger partial charge in [-0.3, -0.25) is 4.79 Å². The van der Waals surface area contributed by atoms with Crippen molar-refractivity contribution in [1.82, 2.24) is 25.1 Å². The van der Waals surface area contributed by atoms with Crippen LogP contribution in [0.2, 0.25) is 0 Å². The number of tetrazole rings is 1. The van der Waals surface area contributed by atoms with Crippen LogP contribution in [-0.4, -0.2) is 50.1 Å². The molecule has 1 saturated carbocycles. The average Bonchev–Trinajstić information content (AvgIpc) is 3.56. The van der Waals surface area contributed by atoms with E-state index in [2.05, 4.69) is 40.6 Å². The third-order valence-electron chi connectivity index (χ3n) is 8.46. The zero-order valence-electron chi connectivity index (χ0n) is 19.2. The fraction of sp³-hybridized carbons (Fsp3) is 0.560. The monoisotopic (exact) mass is 447 g/mol. The zero-order valence-corrected chi connectivity index (χ0v) is 19.2. The number of likely N-dealkylation sites (tertiary alicyclic amines) is 1. The molecule has 1 aliphatic carbocycles. The highest BCUT2D eigenvalue weighted by Crippen LogP contribution is 2.49. The lowest BCUT2D eigenvalue weighted by atomic mass is 9.67. The minimum atomic E-state index is -0.291. The van der Waals surface area contributed by atoms with Gasteiger partial charge in [0.25, 0.3) is 0 Å². The maximum absolute atomic E-state index is 13.4. The Labute approximate surface area is 193 Å². The van der Waals surface area contributed by atoms with Crippen molar-refractivity contribution in [3.05, 3.63) is 40.6 Å². The van der Waals surface area contributed by atoms with Gasteiger partial charge >= 0.3 is 5.97 Å². The van der Waals surface area contributed by atoms with Gasteiger partial charge in [-0.1, -0.05) is 25.1 Å². The van der Waals surface area contributed by atoms with Gasteiger partial charge in [-0.05, 0) is 78.8 Å². The van der Waals surface area contributed by atoms with Crippen molar-refractivity contribution in [3.8, 4) is 11.4 Å². The van der Waals surface area contributed by atoms with E-state index in [0.29, 0.717) is 24.0 Å². The molecule has 172 valence electrons. The Morgan fingerprint density at radius 2 is 2.03 bits per heavy atom. The standard InChI is InChI=1S/C25H29N5O3/c1-15(18-3-4-20-19(12-18)13-30-22(20)26-27-28-30)11-17-5-7-25(8-6-17)9-10-29(24(25)32)21-14-33-23(31)16(21)2/h3-4,12,15,17H,5-11,13-14H2,1-2H3/t15-,17?,25?/m1/s1. The highest BCUT2D eigenvalue weighted by Gasteiger charge is 2.50. The molecule has 2 fully saturated rings. The molecule has 1 spiro atoms.